The molecular formula is C32H40N2O6. The Hall–Kier alpha value is -3.68. The third kappa shape index (κ3) is 7.49. The molecule has 4 atom stereocenters. The SMILES string of the molecule is O=C(O)[C@H]1CCCC[C@@H]1C(=O)N(CCN(Cc1ccccc1)C(=O)[C@@H]1CCCC[C@H]1C(=O)O)Cc1ccccc1. The molecule has 0 spiro atoms. The molecule has 8 nitrogen and oxygen atoms in total. The van der Waals surface area contributed by atoms with E-state index >= 15 is 0 Å². The van der Waals surface area contributed by atoms with Crippen molar-refractivity contribution in [1.29, 1.82) is 0 Å². The lowest BCUT2D eigenvalue weighted by molar-refractivity contribution is -0.154. The van der Waals surface area contributed by atoms with E-state index in [1.165, 1.54) is 0 Å². The molecule has 214 valence electrons. The minimum absolute atomic E-state index is 0.191. The van der Waals surface area contributed by atoms with Gasteiger partial charge in [0.1, 0.15) is 0 Å². The highest BCUT2D eigenvalue weighted by molar-refractivity contribution is 5.86. The first-order valence-electron chi connectivity index (χ1n) is 14.5. The number of carboxylic acids is 2. The van der Waals surface area contributed by atoms with E-state index in [1.807, 2.05) is 60.7 Å². The van der Waals surface area contributed by atoms with Crippen molar-refractivity contribution in [3.8, 4) is 0 Å². The van der Waals surface area contributed by atoms with Crippen LogP contribution in [0, 0.1) is 23.7 Å². The molecule has 2 fully saturated rings. The molecule has 2 aliphatic carbocycles. The molecule has 0 bridgehead atoms. The summed E-state index contributed by atoms with van der Waals surface area (Å²) in [5.74, 6) is -4.86. The number of hydrogen-bond donors (Lipinski definition) is 2. The lowest BCUT2D eigenvalue weighted by Crippen LogP contribution is -2.48. The van der Waals surface area contributed by atoms with Gasteiger partial charge in [-0.1, -0.05) is 86.3 Å². The molecule has 2 aromatic carbocycles. The topological polar surface area (TPSA) is 115 Å². The average molecular weight is 549 g/mol. The maximum atomic E-state index is 13.9. The standard InChI is InChI=1S/C32H40N2O6/c35-29(25-15-7-9-17-27(25)31(37)38)33(21-23-11-3-1-4-12-23)19-20-34(22-24-13-5-2-6-14-24)30(36)26-16-8-10-18-28(26)32(39)40/h1-6,11-14,25-28H,7-10,15-22H2,(H,37,38)(H,39,40)/t25-,26+,27-,28+. The number of rotatable bonds is 11. The lowest BCUT2D eigenvalue weighted by Gasteiger charge is -2.36. The third-order valence-electron chi connectivity index (χ3n) is 8.50. The molecule has 4 rings (SSSR count). The first-order chi connectivity index (χ1) is 19.3. The van der Waals surface area contributed by atoms with Crippen LogP contribution in [0.4, 0.5) is 0 Å². The fraction of sp³-hybridized carbons (Fsp3) is 0.500. The van der Waals surface area contributed by atoms with Crippen LogP contribution in [0.25, 0.3) is 0 Å². The zero-order valence-electron chi connectivity index (χ0n) is 23.0. The van der Waals surface area contributed by atoms with Crippen molar-refractivity contribution in [2.45, 2.75) is 64.5 Å². The molecule has 0 saturated heterocycles. The zero-order chi connectivity index (χ0) is 28.5. The van der Waals surface area contributed by atoms with E-state index in [1.54, 1.807) is 9.80 Å². The maximum absolute atomic E-state index is 13.9. The normalized spacial score (nSPS) is 22.7. The number of carbonyl (C=O) groups is 4. The van der Waals surface area contributed by atoms with Gasteiger partial charge >= 0.3 is 11.9 Å². The molecule has 2 amide bonds. The van der Waals surface area contributed by atoms with E-state index in [2.05, 4.69) is 0 Å². The smallest absolute Gasteiger partial charge is 0.307 e. The molecule has 40 heavy (non-hydrogen) atoms. The first-order valence-corrected chi connectivity index (χ1v) is 14.5. The highest BCUT2D eigenvalue weighted by Gasteiger charge is 2.40. The van der Waals surface area contributed by atoms with Gasteiger partial charge in [-0.2, -0.15) is 0 Å². The summed E-state index contributed by atoms with van der Waals surface area (Å²) >= 11 is 0. The monoisotopic (exact) mass is 548 g/mol. The van der Waals surface area contributed by atoms with Gasteiger partial charge in [-0.3, -0.25) is 19.2 Å². The van der Waals surface area contributed by atoms with Gasteiger partial charge in [0.25, 0.3) is 0 Å². The lowest BCUT2D eigenvalue weighted by atomic mass is 9.78. The fourth-order valence-electron chi connectivity index (χ4n) is 6.30. The van der Waals surface area contributed by atoms with Gasteiger partial charge in [0.2, 0.25) is 11.8 Å². The molecule has 0 aromatic heterocycles. The van der Waals surface area contributed by atoms with E-state index < -0.39 is 35.6 Å². The molecule has 0 aliphatic heterocycles. The van der Waals surface area contributed by atoms with E-state index in [0.29, 0.717) is 38.8 Å². The summed E-state index contributed by atoms with van der Waals surface area (Å²) in [4.78, 5) is 55.2. The van der Waals surface area contributed by atoms with Crippen molar-refractivity contribution in [1.82, 2.24) is 9.80 Å². The summed E-state index contributed by atoms with van der Waals surface area (Å²) in [6.45, 7) is 1.10. The Morgan fingerprint density at radius 2 is 0.875 bits per heavy atom. The van der Waals surface area contributed by atoms with E-state index in [4.69, 9.17) is 0 Å². The number of nitrogens with zero attached hydrogens (tertiary/aromatic N) is 2. The average Bonchev–Trinajstić information content (AvgIpc) is 2.98. The van der Waals surface area contributed by atoms with Gasteiger partial charge in [-0.25, -0.2) is 0 Å². The summed E-state index contributed by atoms with van der Waals surface area (Å²) in [7, 11) is 0. The van der Waals surface area contributed by atoms with Crippen LogP contribution in [0.2, 0.25) is 0 Å². The van der Waals surface area contributed by atoms with Gasteiger partial charge in [-0.05, 0) is 36.8 Å². The Morgan fingerprint density at radius 1 is 0.550 bits per heavy atom. The van der Waals surface area contributed by atoms with Crippen LogP contribution in [0.15, 0.2) is 60.7 Å². The Kier molecular flexibility index (Phi) is 10.3. The number of hydrogen-bond acceptors (Lipinski definition) is 4. The van der Waals surface area contributed by atoms with Crippen molar-refractivity contribution in [2.75, 3.05) is 13.1 Å². The second-order valence-corrected chi connectivity index (χ2v) is 11.2. The Balaban J connectivity index is 1.58. The van der Waals surface area contributed by atoms with Crippen molar-refractivity contribution >= 4 is 23.8 Å². The second-order valence-electron chi connectivity index (χ2n) is 11.2. The summed E-state index contributed by atoms with van der Waals surface area (Å²) in [5, 5.41) is 19.7. The molecule has 0 unspecified atom stereocenters. The molecule has 2 saturated carbocycles. The van der Waals surface area contributed by atoms with Gasteiger partial charge in [-0.15, -0.1) is 0 Å². The molecule has 2 aromatic rings. The van der Waals surface area contributed by atoms with Crippen molar-refractivity contribution in [2.24, 2.45) is 23.7 Å². The van der Waals surface area contributed by atoms with E-state index in [0.717, 1.165) is 36.8 Å². The van der Waals surface area contributed by atoms with Crippen LogP contribution in [0.5, 0.6) is 0 Å². The molecule has 0 radical (unpaired) electrons. The largest absolute Gasteiger partial charge is 0.481 e. The molecular weight excluding hydrogens is 508 g/mol. The van der Waals surface area contributed by atoms with Crippen molar-refractivity contribution in [3.05, 3.63) is 71.8 Å². The van der Waals surface area contributed by atoms with Gasteiger partial charge in [0.15, 0.2) is 0 Å². The number of carbonyl (C=O) groups excluding carboxylic acids is 2. The summed E-state index contributed by atoms with van der Waals surface area (Å²) < 4.78 is 0. The second kappa shape index (κ2) is 14.1. The number of benzene rings is 2. The Bertz CT molecular complexity index is 1060. The van der Waals surface area contributed by atoms with Gasteiger partial charge in [0.05, 0.1) is 23.7 Å². The minimum atomic E-state index is -0.935. The summed E-state index contributed by atoms with van der Waals surface area (Å²) in [6, 6.07) is 19.1. The third-order valence-corrected chi connectivity index (χ3v) is 8.50. The highest BCUT2D eigenvalue weighted by Crippen LogP contribution is 2.34. The quantitative estimate of drug-likeness (QED) is 0.416. The van der Waals surface area contributed by atoms with Crippen LogP contribution in [-0.4, -0.2) is 56.9 Å². The zero-order valence-corrected chi connectivity index (χ0v) is 23.0. The molecule has 2 N–H and O–H groups in total. The molecule has 8 heteroatoms. The number of aliphatic carboxylic acids is 2. The van der Waals surface area contributed by atoms with Crippen LogP contribution in [0.1, 0.15) is 62.5 Å². The Labute approximate surface area is 236 Å². The van der Waals surface area contributed by atoms with Crippen LogP contribution in [0.3, 0.4) is 0 Å². The predicted octanol–water partition coefficient (Wildman–Crippen LogP) is 4.83. The maximum Gasteiger partial charge on any atom is 0.307 e. The highest BCUT2D eigenvalue weighted by atomic mass is 16.4. The van der Waals surface area contributed by atoms with Gasteiger partial charge < -0.3 is 20.0 Å². The van der Waals surface area contributed by atoms with Crippen molar-refractivity contribution < 1.29 is 29.4 Å². The van der Waals surface area contributed by atoms with E-state index in [9.17, 15) is 29.4 Å². The van der Waals surface area contributed by atoms with Crippen LogP contribution in [-0.2, 0) is 32.3 Å². The number of amides is 2. The molecule has 0 heterocycles. The minimum Gasteiger partial charge on any atom is -0.481 e. The fourth-order valence-corrected chi connectivity index (χ4v) is 6.30. The number of carboxylic acid groups (broad SMARTS) is 2. The van der Waals surface area contributed by atoms with E-state index in [-0.39, 0.29) is 24.9 Å². The predicted molar refractivity (Wildman–Crippen MR) is 150 cm³/mol. The van der Waals surface area contributed by atoms with Crippen molar-refractivity contribution in [3.63, 3.8) is 0 Å². The summed E-state index contributed by atoms with van der Waals surface area (Å²) in [5.41, 5.74) is 1.86. The first kappa shape index (κ1) is 29.3. The van der Waals surface area contributed by atoms with Gasteiger partial charge in [0, 0.05) is 26.2 Å². The van der Waals surface area contributed by atoms with Crippen LogP contribution >= 0.6 is 0 Å². The summed E-state index contributed by atoms with van der Waals surface area (Å²) in [6.07, 6.45) is 5.28. The Morgan fingerprint density at radius 3 is 1.20 bits per heavy atom. The van der Waals surface area contributed by atoms with Crippen LogP contribution < -0.4 is 0 Å². The molecule has 2 aliphatic rings.